The van der Waals surface area contributed by atoms with Gasteiger partial charge in [-0.25, -0.2) is 0 Å². The molecular formula is C72H106ClF3N12O12. The Bertz CT molecular complexity index is 3290. The molecule has 554 valence electrons. The Hall–Kier alpha value is -7.84. The minimum atomic E-state index is -4.77. The lowest BCUT2D eigenvalue weighted by atomic mass is 9.90. The molecule has 1 aliphatic carbocycles. The summed E-state index contributed by atoms with van der Waals surface area (Å²) in [6, 6.07) is 1.26. The Balaban J connectivity index is 1.44. The maximum absolute atomic E-state index is 15.5. The minimum absolute atomic E-state index is 0.0160. The lowest BCUT2D eigenvalue weighted by molar-refractivity contribution is -0.156. The van der Waals surface area contributed by atoms with Gasteiger partial charge in [0.15, 0.2) is 0 Å². The van der Waals surface area contributed by atoms with E-state index in [0.717, 1.165) is 43.7 Å². The monoisotopic (exact) mass is 1420 g/mol. The van der Waals surface area contributed by atoms with Crippen LogP contribution in [0.2, 0.25) is 5.02 Å². The number of alkyl halides is 3. The van der Waals surface area contributed by atoms with Crippen molar-refractivity contribution in [2.45, 2.75) is 205 Å². The molecule has 9 atom stereocenters. The van der Waals surface area contributed by atoms with Crippen molar-refractivity contribution in [2.75, 3.05) is 88.6 Å². The average molecular weight is 1420 g/mol. The van der Waals surface area contributed by atoms with Crippen LogP contribution in [-0.2, 0) is 76.6 Å². The number of hydrogen-bond acceptors (Lipinski definition) is 12. The number of likely N-dealkylation sites (tertiary alicyclic amines) is 1. The van der Waals surface area contributed by atoms with Gasteiger partial charge in [-0.2, -0.15) is 13.2 Å². The predicted molar refractivity (Wildman–Crippen MR) is 370 cm³/mol. The van der Waals surface area contributed by atoms with Gasteiger partial charge in [-0.15, -0.1) is 0 Å². The molecule has 12 amide bonds. The van der Waals surface area contributed by atoms with E-state index in [1.807, 2.05) is 46.8 Å². The van der Waals surface area contributed by atoms with Crippen LogP contribution in [0.3, 0.4) is 0 Å². The quantitative estimate of drug-likeness (QED) is 0.239. The number of nitrogens with zero attached hydrogens (tertiary/aromatic N) is 9. The van der Waals surface area contributed by atoms with Crippen LogP contribution in [0.5, 0.6) is 0 Å². The fourth-order valence-electron chi connectivity index (χ4n) is 13.9. The first-order chi connectivity index (χ1) is 47.0. The van der Waals surface area contributed by atoms with Crippen molar-refractivity contribution in [2.24, 2.45) is 17.8 Å². The average Bonchev–Trinajstić information content (AvgIpc) is 1.24. The van der Waals surface area contributed by atoms with E-state index in [4.69, 9.17) is 11.6 Å². The fourth-order valence-corrected chi connectivity index (χ4v) is 14.2. The molecule has 0 aromatic heterocycles. The Morgan fingerprint density at radius 2 is 1.21 bits per heavy atom. The first kappa shape index (κ1) is 81.1. The molecule has 2 unspecified atom stereocenters. The first-order valence-electron chi connectivity index (χ1n) is 35.2. The number of carbonyl (C=O) groups is 12. The number of piperidine rings is 1. The summed E-state index contributed by atoms with van der Waals surface area (Å²) in [6.45, 7) is 11.7. The number of nitrogens with one attached hydrogen (secondary N) is 3. The number of likely N-dealkylation sites (N-methyl/N-ethyl adjacent to an activating group) is 7. The number of amides is 12. The molecule has 3 heterocycles. The zero-order valence-corrected chi connectivity index (χ0v) is 61.6. The number of hydrogen-bond donors (Lipinski definition) is 3. The zero-order valence-electron chi connectivity index (χ0n) is 60.8. The van der Waals surface area contributed by atoms with Crippen LogP contribution >= 0.6 is 11.6 Å². The van der Waals surface area contributed by atoms with Crippen molar-refractivity contribution in [3.05, 3.63) is 69.7 Å². The Kier molecular flexibility index (Phi) is 28.9. The van der Waals surface area contributed by atoms with Crippen LogP contribution < -0.4 is 16.0 Å². The smallest absolute Gasteiger partial charge is 0.343 e. The highest BCUT2D eigenvalue weighted by Crippen LogP contribution is 2.37. The summed E-state index contributed by atoms with van der Waals surface area (Å²) < 4.78 is 41.6. The summed E-state index contributed by atoms with van der Waals surface area (Å²) in [4.78, 5) is 190. The number of fused-ring (bicyclic) bond motifs is 1. The maximum atomic E-state index is 15.5. The van der Waals surface area contributed by atoms with Crippen molar-refractivity contribution >= 4 is 82.5 Å². The number of halogens is 4. The van der Waals surface area contributed by atoms with Crippen LogP contribution in [0, 0.1) is 24.7 Å². The van der Waals surface area contributed by atoms with Crippen molar-refractivity contribution in [1.29, 1.82) is 0 Å². The Labute approximate surface area is 592 Å². The van der Waals surface area contributed by atoms with Crippen molar-refractivity contribution in [3.63, 3.8) is 0 Å². The number of rotatable bonds is 12. The zero-order chi connectivity index (χ0) is 74.4. The van der Waals surface area contributed by atoms with Crippen LogP contribution in [0.15, 0.2) is 42.5 Å². The summed E-state index contributed by atoms with van der Waals surface area (Å²) in [7, 11) is 9.72. The molecule has 1 spiro atoms. The summed E-state index contributed by atoms with van der Waals surface area (Å²) in [5.41, 5.74) is -0.850. The van der Waals surface area contributed by atoms with Crippen molar-refractivity contribution in [3.8, 4) is 0 Å². The fraction of sp³-hybridized carbons (Fsp3) is 0.667. The molecule has 0 bridgehead atoms. The lowest BCUT2D eigenvalue weighted by Gasteiger charge is -2.42. The first-order valence-corrected chi connectivity index (χ1v) is 35.6. The highest BCUT2D eigenvalue weighted by atomic mass is 35.5. The third-order valence-corrected chi connectivity index (χ3v) is 21.0. The minimum Gasteiger partial charge on any atom is -0.343 e. The van der Waals surface area contributed by atoms with Gasteiger partial charge in [0.25, 0.3) is 0 Å². The second kappa shape index (κ2) is 35.7. The molecule has 1 saturated carbocycles. The Morgan fingerprint density at radius 3 is 1.80 bits per heavy atom. The SMILES string of the molecule is CC[C@H](C)C1NC(=O)[C@H](CC(C)C)N(C)C(=O)C[C@@H](C(=O)N2CCCCC2)N(C)C(=O)C([C@@H](C)CC)N(C)C(=O)C2(CCCC2)NC(=O)[C@@H]2CCCN2C(=O)[C@H](CCc2ccc(C(F)(F)F)c(Cl)c2)NC(=O)CN(C)C(=O)[C@H](Cc2ccc(C)cc2)N(C)C(=O)CN(C)C(=O)CN(C)C1=O. The molecule has 4 aliphatic rings. The highest BCUT2D eigenvalue weighted by Gasteiger charge is 2.51. The molecule has 0 radical (unpaired) electrons. The third-order valence-electron chi connectivity index (χ3n) is 20.7. The maximum Gasteiger partial charge on any atom is 0.417 e. The van der Waals surface area contributed by atoms with E-state index >= 15 is 24.0 Å². The number of aryl methyl sites for hydroxylation is 2. The van der Waals surface area contributed by atoms with Crippen LogP contribution in [0.1, 0.15) is 154 Å². The molecule has 3 aliphatic heterocycles. The van der Waals surface area contributed by atoms with Crippen LogP contribution in [-0.4, -0.2) is 251 Å². The second-order valence-electron chi connectivity index (χ2n) is 28.6. The van der Waals surface area contributed by atoms with E-state index in [-0.39, 0.29) is 63.0 Å². The highest BCUT2D eigenvalue weighted by molar-refractivity contribution is 6.31. The molecule has 100 heavy (non-hydrogen) atoms. The standard InChI is InChI=1S/C72H106ClF3N12O12/c1-15-46(6)61-68(98)82(10)42-59(91)80(8)43-60(92)84(12)55(39-49-26-24-45(5)25-27-49)66(96)81(9)41-57(89)77-52(31-29-48-28-30-50(51(73)38-48)72(74,75)76)65(95)88-36-22-23-53(88)64(94)79-71(32-18-19-33-71)70(100)86(14)62(47(7)16-2)69(99)85(13)56(67(97)87-34-20-17-21-35-87)40-58(90)83(11)54(37-44(3)4)63(93)78-61/h24-28,30,38,44,46-47,52-56,61-62H,15-23,29,31-37,39-43H2,1-14H3,(H,77,89)(H,78,93)(H,79,94)/t46-,47-,52-,53-,54-,55-,56-,61?,62?/m0/s1. The molecule has 3 saturated heterocycles. The van der Waals surface area contributed by atoms with Crippen LogP contribution in [0.4, 0.5) is 13.2 Å². The van der Waals surface area contributed by atoms with Gasteiger partial charge < -0.3 is 60.0 Å². The molecule has 2 aromatic rings. The van der Waals surface area contributed by atoms with E-state index in [1.54, 1.807) is 30.9 Å². The molecule has 2 aromatic carbocycles. The Morgan fingerprint density at radius 1 is 0.620 bits per heavy atom. The molecular weight excluding hydrogens is 1320 g/mol. The normalized spacial score (nSPS) is 25.0. The van der Waals surface area contributed by atoms with Gasteiger partial charge >= 0.3 is 6.18 Å². The largest absolute Gasteiger partial charge is 0.417 e. The van der Waals surface area contributed by atoms with Gasteiger partial charge in [-0.3, -0.25) is 57.5 Å². The molecule has 3 N–H and O–H groups in total. The van der Waals surface area contributed by atoms with Gasteiger partial charge in [-0.05, 0) is 112 Å². The molecule has 4 fully saturated rings. The molecule has 6 rings (SSSR count). The summed E-state index contributed by atoms with van der Waals surface area (Å²) in [6.07, 6.45) is -0.921. The van der Waals surface area contributed by atoms with E-state index in [2.05, 4.69) is 16.0 Å². The molecule has 24 nitrogen and oxygen atoms in total. The third kappa shape index (κ3) is 20.2. The topological polar surface area (TPSA) is 270 Å². The van der Waals surface area contributed by atoms with Crippen molar-refractivity contribution in [1.82, 2.24) is 60.0 Å². The van der Waals surface area contributed by atoms with Gasteiger partial charge in [0.1, 0.15) is 47.8 Å². The van der Waals surface area contributed by atoms with E-state index in [9.17, 15) is 46.7 Å². The van der Waals surface area contributed by atoms with Crippen molar-refractivity contribution < 1.29 is 70.7 Å². The van der Waals surface area contributed by atoms with Gasteiger partial charge in [0.05, 0.1) is 36.6 Å². The van der Waals surface area contributed by atoms with E-state index < -0.39 is 173 Å². The molecule has 28 heteroatoms. The van der Waals surface area contributed by atoms with Gasteiger partial charge in [-0.1, -0.05) is 115 Å². The van der Waals surface area contributed by atoms with Crippen LogP contribution in [0.25, 0.3) is 0 Å². The van der Waals surface area contributed by atoms with E-state index in [1.165, 1.54) is 75.0 Å². The summed E-state index contributed by atoms with van der Waals surface area (Å²) in [5.74, 6) is -9.42. The summed E-state index contributed by atoms with van der Waals surface area (Å²) in [5, 5.41) is 8.06. The predicted octanol–water partition coefficient (Wildman–Crippen LogP) is 5.47. The lowest BCUT2D eigenvalue weighted by Crippen LogP contribution is -2.65. The van der Waals surface area contributed by atoms with E-state index in [0.29, 0.717) is 63.6 Å². The van der Waals surface area contributed by atoms with Gasteiger partial charge in [0.2, 0.25) is 70.9 Å². The number of carbonyl (C=O) groups excluding carboxylic acids is 12. The summed E-state index contributed by atoms with van der Waals surface area (Å²) >= 11 is 6.14. The van der Waals surface area contributed by atoms with Gasteiger partial charge in [0, 0.05) is 75.4 Å². The number of benzene rings is 2. The second-order valence-corrected chi connectivity index (χ2v) is 29.0.